The summed E-state index contributed by atoms with van der Waals surface area (Å²) in [6, 6.07) is 0. The van der Waals surface area contributed by atoms with Crippen molar-refractivity contribution in [3.63, 3.8) is 0 Å². The van der Waals surface area contributed by atoms with E-state index in [4.69, 9.17) is 4.18 Å². The summed E-state index contributed by atoms with van der Waals surface area (Å²) in [6.07, 6.45) is 14.1. The maximum atomic E-state index is 12.6. The smallest absolute Gasteiger partial charge is 0.139 e. The number of Topliss-reactive ketones (excluding diaryl/α,β-unsaturated/α-hetero) is 1. The van der Waals surface area contributed by atoms with Crippen molar-refractivity contribution in [3.05, 3.63) is 0 Å². The van der Waals surface area contributed by atoms with Crippen molar-refractivity contribution in [1.29, 1.82) is 0 Å². The lowest BCUT2D eigenvalue weighted by molar-refractivity contribution is -0.141. The highest BCUT2D eigenvalue weighted by atomic mass is 32.2. The molecule has 0 radical (unpaired) electrons. The van der Waals surface area contributed by atoms with Gasteiger partial charge in [-0.05, 0) is 125 Å². The summed E-state index contributed by atoms with van der Waals surface area (Å²) in [4.78, 5) is 15.0. The van der Waals surface area contributed by atoms with Gasteiger partial charge in [0.1, 0.15) is 5.78 Å². The summed E-state index contributed by atoms with van der Waals surface area (Å²) in [6.45, 7) is 7.37. The topological polar surface area (TPSA) is 29.5 Å². The molecule has 5 aliphatic rings. The molecule has 5 rings (SSSR count). The van der Waals surface area contributed by atoms with Crippen molar-refractivity contribution in [2.75, 3.05) is 20.1 Å². The van der Waals surface area contributed by atoms with Crippen LogP contribution in [0.15, 0.2) is 0 Å². The van der Waals surface area contributed by atoms with E-state index in [1.54, 1.807) is 0 Å². The summed E-state index contributed by atoms with van der Waals surface area (Å²) >= 11 is 1.82. The van der Waals surface area contributed by atoms with E-state index in [9.17, 15) is 4.79 Å². The molecular formula is C25H41NO2S. The van der Waals surface area contributed by atoms with Crippen molar-refractivity contribution in [3.8, 4) is 0 Å². The Labute approximate surface area is 182 Å². The number of likely N-dealkylation sites (tertiary alicyclic amines) is 1. The summed E-state index contributed by atoms with van der Waals surface area (Å²) < 4.78 is 6.44. The van der Waals surface area contributed by atoms with E-state index < -0.39 is 0 Å². The Bertz CT molecular complexity index is 632. The van der Waals surface area contributed by atoms with E-state index in [2.05, 4.69) is 25.8 Å². The predicted molar refractivity (Wildman–Crippen MR) is 120 cm³/mol. The number of rotatable bonds is 3. The Morgan fingerprint density at radius 1 is 0.966 bits per heavy atom. The number of fused-ring (bicyclic) bond motifs is 5. The first-order valence-electron chi connectivity index (χ1n) is 12.4. The van der Waals surface area contributed by atoms with Crippen LogP contribution >= 0.6 is 12.0 Å². The van der Waals surface area contributed by atoms with Crippen LogP contribution in [-0.2, 0) is 8.98 Å². The molecule has 4 aliphatic carbocycles. The number of piperidine rings is 1. The fourth-order valence-corrected chi connectivity index (χ4v) is 9.21. The molecule has 5 fully saturated rings. The van der Waals surface area contributed by atoms with Crippen LogP contribution in [0.5, 0.6) is 0 Å². The van der Waals surface area contributed by atoms with Crippen LogP contribution in [0.4, 0.5) is 0 Å². The van der Waals surface area contributed by atoms with Gasteiger partial charge < -0.3 is 9.08 Å². The number of carbonyl (C=O) groups excluding carboxylic acids is 1. The molecule has 0 N–H and O–H groups in total. The fourth-order valence-electron chi connectivity index (χ4n) is 8.32. The molecule has 1 saturated heterocycles. The first kappa shape index (κ1) is 20.8. The molecule has 164 valence electrons. The fraction of sp³-hybridized carbons (Fsp3) is 0.960. The predicted octanol–water partition coefficient (Wildman–Crippen LogP) is 5.73. The lowest BCUT2D eigenvalue weighted by Crippen LogP contribution is -2.54. The van der Waals surface area contributed by atoms with Crippen molar-refractivity contribution in [2.24, 2.45) is 34.5 Å². The van der Waals surface area contributed by atoms with Gasteiger partial charge >= 0.3 is 0 Å². The van der Waals surface area contributed by atoms with Gasteiger partial charge in [-0.2, -0.15) is 0 Å². The molecule has 3 nitrogen and oxygen atoms in total. The molecule has 4 heteroatoms. The van der Waals surface area contributed by atoms with Crippen LogP contribution in [0.3, 0.4) is 0 Å². The largest absolute Gasteiger partial charge is 0.312 e. The number of carbonyl (C=O) groups is 1. The van der Waals surface area contributed by atoms with E-state index >= 15 is 0 Å². The van der Waals surface area contributed by atoms with Gasteiger partial charge in [-0.1, -0.05) is 13.8 Å². The second-order valence-electron chi connectivity index (χ2n) is 11.7. The third-order valence-corrected chi connectivity index (χ3v) is 11.4. The highest BCUT2D eigenvalue weighted by Gasteiger charge is 2.60. The van der Waals surface area contributed by atoms with Gasteiger partial charge in [0, 0.05) is 17.1 Å². The van der Waals surface area contributed by atoms with E-state index in [0.29, 0.717) is 28.5 Å². The first-order valence-corrected chi connectivity index (χ1v) is 13.2. The third kappa shape index (κ3) is 3.53. The SMILES string of the molecule is CN1CCC(SOC2CCC3(C)C(CCC4C5CCC(=O)C5(C)CCC43)C2)CC1. The summed E-state index contributed by atoms with van der Waals surface area (Å²) in [5, 5.41) is 0.700. The van der Waals surface area contributed by atoms with Crippen molar-refractivity contribution >= 4 is 17.8 Å². The summed E-state index contributed by atoms with van der Waals surface area (Å²) in [5.74, 6) is 3.76. The van der Waals surface area contributed by atoms with Gasteiger partial charge in [-0.3, -0.25) is 4.79 Å². The molecule has 7 unspecified atom stereocenters. The number of hydrogen-bond acceptors (Lipinski definition) is 4. The Morgan fingerprint density at radius 3 is 2.55 bits per heavy atom. The number of ketones is 1. The van der Waals surface area contributed by atoms with Crippen molar-refractivity contribution in [1.82, 2.24) is 4.90 Å². The molecule has 29 heavy (non-hydrogen) atoms. The van der Waals surface area contributed by atoms with Gasteiger partial charge in [0.25, 0.3) is 0 Å². The molecule has 4 saturated carbocycles. The Morgan fingerprint density at radius 2 is 1.76 bits per heavy atom. The standard InChI is InChI=1S/C25H41NO2S/c1-24-12-8-18(28-29-19-10-14-26(3)15-11-19)16-17(24)4-5-20-21-6-7-23(27)25(21,2)13-9-22(20)24/h17-22H,4-16H2,1-3H3. The molecule has 0 aromatic carbocycles. The average Bonchev–Trinajstić information content (AvgIpc) is 3.02. The van der Waals surface area contributed by atoms with E-state index in [1.807, 2.05) is 12.0 Å². The van der Waals surface area contributed by atoms with Gasteiger partial charge in [-0.15, -0.1) is 0 Å². The summed E-state index contributed by atoms with van der Waals surface area (Å²) in [7, 11) is 2.23. The molecule has 0 spiro atoms. The lowest BCUT2D eigenvalue weighted by Gasteiger charge is -2.60. The normalized spacial score (nSPS) is 48.8. The Balaban J connectivity index is 1.20. The van der Waals surface area contributed by atoms with E-state index in [0.717, 1.165) is 30.6 Å². The summed E-state index contributed by atoms with van der Waals surface area (Å²) in [5.41, 5.74) is 0.517. The number of nitrogens with zero attached hydrogens (tertiary/aromatic N) is 1. The van der Waals surface area contributed by atoms with Crippen LogP contribution in [0.1, 0.15) is 84.5 Å². The van der Waals surface area contributed by atoms with Gasteiger partial charge in [0.15, 0.2) is 0 Å². The highest BCUT2D eigenvalue weighted by molar-refractivity contribution is 7.95. The molecule has 1 aliphatic heterocycles. The number of hydrogen-bond donors (Lipinski definition) is 0. The molecular weight excluding hydrogens is 378 g/mol. The second-order valence-corrected chi connectivity index (χ2v) is 12.7. The average molecular weight is 420 g/mol. The van der Waals surface area contributed by atoms with Gasteiger partial charge in [0.05, 0.1) is 6.10 Å². The van der Waals surface area contributed by atoms with E-state index in [1.165, 1.54) is 70.9 Å². The zero-order chi connectivity index (χ0) is 20.2. The molecule has 0 bridgehead atoms. The minimum atomic E-state index is 0.0232. The highest BCUT2D eigenvalue weighted by Crippen LogP contribution is 2.65. The Hall–Kier alpha value is -0.0600. The van der Waals surface area contributed by atoms with Crippen molar-refractivity contribution < 1.29 is 8.98 Å². The molecule has 0 aromatic heterocycles. The maximum Gasteiger partial charge on any atom is 0.139 e. The Kier molecular flexibility index (Phi) is 5.61. The van der Waals surface area contributed by atoms with Crippen molar-refractivity contribution in [2.45, 2.75) is 95.8 Å². The zero-order valence-corrected chi connectivity index (χ0v) is 19.6. The van der Waals surface area contributed by atoms with Gasteiger partial charge in [-0.25, -0.2) is 0 Å². The molecule has 1 heterocycles. The quantitative estimate of drug-likeness (QED) is 0.547. The van der Waals surface area contributed by atoms with Crippen LogP contribution in [-0.4, -0.2) is 42.2 Å². The van der Waals surface area contributed by atoms with Crippen LogP contribution in [0.2, 0.25) is 0 Å². The molecule has 0 amide bonds. The maximum absolute atomic E-state index is 12.6. The first-order chi connectivity index (χ1) is 13.9. The lowest BCUT2D eigenvalue weighted by atomic mass is 9.45. The zero-order valence-electron chi connectivity index (χ0n) is 18.8. The van der Waals surface area contributed by atoms with Crippen LogP contribution in [0.25, 0.3) is 0 Å². The molecule has 0 aromatic rings. The minimum absolute atomic E-state index is 0.0232. The van der Waals surface area contributed by atoms with E-state index in [-0.39, 0.29) is 5.41 Å². The second kappa shape index (κ2) is 7.81. The van der Waals surface area contributed by atoms with Crippen LogP contribution < -0.4 is 0 Å². The minimum Gasteiger partial charge on any atom is -0.312 e. The third-order valence-electron chi connectivity index (χ3n) is 10.3. The molecule has 7 atom stereocenters. The van der Waals surface area contributed by atoms with Gasteiger partial charge in [0.2, 0.25) is 0 Å². The monoisotopic (exact) mass is 419 g/mol. The van der Waals surface area contributed by atoms with Crippen LogP contribution in [0, 0.1) is 34.5 Å².